The molecule has 0 amide bonds. The molecule has 2 aromatic carbocycles. The van der Waals surface area contributed by atoms with Crippen LogP contribution < -0.4 is 0 Å². The molecule has 0 bridgehead atoms. The minimum atomic E-state index is 0.0938. The van der Waals surface area contributed by atoms with Crippen molar-refractivity contribution in [2.45, 2.75) is 20.3 Å². The van der Waals surface area contributed by atoms with Gasteiger partial charge >= 0.3 is 0 Å². The Bertz CT molecular complexity index is 523. The number of hydrogen-bond acceptors (Lipinski definition) is 1. The van der Waals surface area contributed by atoms with E-state index in [1.54, 1.807) is 0 Å². The number of hydrogen-bond donors (Lipinski definition) is 0. The van der Waals surface area contributed by atoms with Crippen LogP contribution in [-0.2, 0) is 6.42 Å². The number of carbonyl (C=O) groups is 1. The molecule has 0 atom stereocenters. The van der Waals surface area contributed by atoms with E-state index in [1.165, 1.54) is 5.56 Å². The lowest BCUT2D eigenvalue weighted by molar-refractivity contribution is 0.103. The summed E-state index contributed by atoms with van der Waals surface area (Å²) >= 11 is 0. The van der Waals surface area contributed by atoms with Gasteiger partial charge in [-0.15, -0.1) is 0 Å². The molecule has 1 heteroatoms. The maximum atomic E-state index is 12.2. The van der Waals surface area contributed by atoms with Crippen molar-refractivity contribution in [2.75, 3.05) is 0 Å². The molecule has 0 aliphatic heterocycles. The average molecular weight is 224 g/mol. The predicted molar refractivity (Wildman–Crippen MR) is 70.4 cm³/mol. The van der Waals surface area contributed by atoms with Gasteiger partial charge in [0.1, 0.15) is 0 Å². The van der Waals surface area contributed by atoms with Crippen molar-refractivity contribution in [2.24, 2.45) is 0 Å². The first-order valence-electron chi connectivity index (χ1n) is 5.91. The fraction of sp³-hybridized carbons (Fsp3) is 0.188. The van der Waals surface area contributed by atoms with Crippen LogP contribution in [0.1, 0.15) is 34.0 Å². The van der Waals surface area contributed by atoms with Crippen LogP contribution in [0, 0.1) is 6.92 Å². The molecule has 2 aromatic rings. The number of benzene rings is 2. The van der Waals surface area contributed by atoms with Crippen LogP contribution in [-0.4, -0.2) is 5.78 Å². The van der Waals surface area contributed by atoms with Gasteiger partial charge in [-0.2, -0.15) is 0 Å². The largest absolute Gasteiger partial charge is 0.289 e. The Morgan fingerprint density at radius 3 is 2.29 bits per heavy atom. The van der Waals surface area contributed by atoms with Crippen molar-refractivity contribution in [1.29, 1.82) is 0 Å². The van der Waals surface area contributed by atoms with E-state index in [1.807, 2.05) is 55.5 Å². The molecule has 0 saturated heterocycles. The van der Waals surface area contributed by atoms with Crippen LogP contribution in [0.4, 0.5) is 0 Å². The topological polar surface area (TPSA) is 17.1 Å². The normalized spacial score (nSPS) is 10.2. The fourth-order valence-corrected chi connectivity index (χ4v) is 1.84. The van der Waals surface area contributed by atoms with Gasteiger partial charge in [-0.05, 0) is 25.0 Å². The first-order valence-corrected chi connectivity index (χ1v) is 5.91. The summed E-state index contributed by atoms with van der Waals surface area (Å²) in [5.74, 6) is 0.0938. The lowest BCUT2D eigenvalue weighted by atomic mass is 10.0. The summed E-state index contributed by atoms with van der Waals surface area (Å²) in [4.78, 5) is 12.2. The molecule has 0 fully saturated rings. The zero-order valence-corrected chi connectivity index (χ0v) is 10.2. The zero-order chi connectivity index (χ0) is 12.3. The number of carbonyl (C=O) groups excluding carboxylic acids is 1. The first kappa shape index (κ1) is 11.6. The fourth-order valence-electron chi connectivity index (χ4n) is 1.84. The van der Waals surface area contributed by atoms with E-state index in [2.05, 4.69) is 6.92 Å². The summed E-state index contributed by atoms with van der Waals surface area (Å²) in [5.41, 5.74) is 3.88. The van der Waals surface area contributed by atoms with E-state index in [0.29, 0.717) is 0 Å². The molecule has 86 valence electrons. The van der Waals surface area contributed by atoms with Crippen LogP contribution in [0.3, 0.4) is 0 Å². The number of ketones is 1. The Hall–Kier alpha value is -1.89. The summed E-state index contributed by atoms with van der Waals surface area (Å²) in [6, 6.07) is 15.6. The zero-order valence-electron chi connectivity index (χ0n) is 10.2. The van der Waals surface area contributed by atoms with Crippen molar-refractivity contribution in [3.05, 3.63) is 70.8 Å². The molecule has 0 radical (unpaired) electrons. The Morgan fingerprint density at radius 1 is 1.00 bits per heavy atom. The highest BCUT2D eigenvalue weighted by Crippen LogP contribution is 2.12. The van der Waals surface area contributed by atoms with Gasteiger partial charge in [0.2, 0.25) is 0 Å². The summed E-state index contributed by atoms with van der Waals surface area (Å²) in [6.07, 6.45) is 0.999. The molecule has 1 nitrogen and oxygen atoms in total. The molecule has 17 heavy (non-hydrogen) atoms. The third-order valence-corrected chi connectivity index (χ3v) is 2.90. The Morgan fingerprint density at radius 2 is 1.71 bits per heavy atom. The second-order valence-electron chi connectivity index (χ2n) is 4.25. The maximum Gasteiger partial charge on any atom is 0.193 e. The monoisotopic (exact) mass is 224 g/mol. The van der Waals surface area contributed by atoms with Gasteiger partial charge in [0.25, 0.3) is 0 Å². The smallest absolute Gasteiger partial charge is 0.193 e. The van der Waals surface area contributed by atoms with Gasteiger partial charge in [-0.3, -0.25) is 4.79 Å². The lowest BCUT2D eigenvalue weighted by Gasteiger charge is -2.03. The first-order chi connectivity index (χ1) is 8.20. The molecule has 0 heterocycles. The molecule has 0 unspecified atom stereocenters. The van der Waals surface area contributed by atoms with E-state index in [9.17, 15) is 4.79 Å². The standard InChI is InChI=1S/C16H16O/c1-3-13-7-9-14(10-8-13)16(17)15-6-4-5-12(2)11-15/h4-11H,3H2,1-2H3. The van der Waals surface area contributed by atoms with Crippen molar-refractivity contribution >= 4 is 5.78 Å². The maximum absolute atomic E-state index is 12.2. The molecular formula is C16H16O. The van der Waals surface area contributed by atoms with Gasteiger partial charge in [-0.25, -0.2) is 0 Å². The van der Waals surface area contributed by atoms with Crippen molar-refractivity contribution in [1.82, 2.24) is 0 Å². The third-order valence-electron chi connectivity index (χ3n) is 2.90. The van der Waals surface area contributed by atoms with E-state index in [0.717, 1.165) is 23.1 Å². The Balaban J connectivity index is 2.30. The minimum absolute atomic E-state index is 0.0938. The predicted octanol–water partition coefficient (Wildman–Crippen LogP) is 3.79. The molecule has 0 aliphatic rings. The third kappa shape index (κ3) is 2.62. The van der Waals surface area contributed by atoms with Gasteiger partial charge in [-0.1, -0.05) is 55.0 Å². The van der Waals surface area contributed by atoms with Gasteiger partial charge < -0.3 is 0 Å². The summed E-state index contributed by atoms with van der Waals surface area (Å²) < 4.78 is 0. The Kier molecular flexibility index (Phi) is 3.38. The van der Waals surface area contributed by atoms with Gasteiger partial charge in [0.05, 0.1) is 0 Å². The highest BCUT2D eigenvalue weighted by Gasteiger charge is 2.08. The quantitative estimate of drug-likeness (QED) is 0.725. The van der Waals surface area contributed by atoms with Crippen LogP contribution in [0.2, 0.25) is 0 Å². The minimum Gasteiger partial charge on any atom is -0.289 e. The van der Waals surface area contributed by atoms with Crippen LogP contribution in [0.15, 0.2) is 48.5 Å². The highest BCUT2D eigenvalue weighted by atomic mass is 16.1. The van der Waals surface area contributed by atoms with Crippen LogP contribution >= 0.6 is 0 Å². The van der Waals surface area contributed by atoms with Crippen LogP contribution in [0.25, 0.3) is 0 Å². The van der Waals surface area contributed by atoms with Crippen LogP contribution in [0.5, 0.6) is 0 Å². The number of aryl methyl sites for hydroxylation is 2. The molecule has 0 saturated carbocycles. The molecular weight excluding hydrogens is 208 g/mol. The van der Waals surface area contributed by atoms with Crippen molar-refractivity contribution < 1.29 is 4.79 Å². The molecule has 0 aliphatic carbocycles. The van der Waals surface area contributed by atoms with Gasteiger partial charge in [0.15, 0.2) is 5.78 Å². The Labute approximate surface area is 102 Å². The molecule has 0 N–H and O–H groups in total. The van der Waals surface area contributed by atoms with Crippen molar-refractivity contribution in [3.63, 3.8) is 0 Å². The average Bonchev–Trinajstić information content (AvgIpc) is 2.38. The van der Waals surface area contributed by atoms with E-state index >= 15 is 0 Å². The highest BCUT2D eigenvalue weighted by molar-refractivity contribution is 6.09. The summed E-state index contributed by atoms with van der Waals surface area (Å²) in [6.45, 7) is 4.11. The second-order valence-corrected chi connectivity index (χ2v) is 4.25. The van der Waals surface area contributed by atoms with E-state index in [4.69, 9.17) is 0 Å². The van der Waals surface area contributed by atoms with Crippen molar-refractivity contribution in [3.8, 4) is 0 Å². The van der Waals surface area contributed by atoms with E-state index < -0.39 is 0 Å². The lowest BCUT2D eigenvalue weighted by Crippen LogP contribution is -2.01. The second kappa shape index (κ2) is 4.96. The molecule has 2 rings (SSSR count). The summed E-state index contributed by atoms with van der Waals surface area (Å²) in [7, 11) is 0. The molecule has 0 spiro atoms. The van der Waals surface area contributed by atoms with E-state index in [-0.39, 0.29) is 5.78 Å². The number of rotatable bonds is 3. The molecule has 0 aromatic heterocycles. The summed E-state index contributed by atoms with van der Waals surface area (Å²) in [5, 5.41) is 0. The SMILES string of the molecule is CCc1ccc(C(=O)c2cccc(C)c2)cc1. The van der Waals surface area contributed by atoms with Gasteiger partial charge in [0, 0.05) is 11.1 Å².